The van der Waals surface area contributed by atoms with E-state index in [4.69, 9.17) is 0 Å². The number of anilines is 1. The molecule has 0 aliphatic rings. The Morgan fingerprint density at radius 2 is 2.13 bits per heavy atom. The van der Waals surface area contributed by atoms with E-state index in [2.05, 4.69) is 42.0 Å². The lowest BCUT2D eigenvalue weighted by atomic mass is 10.2. The van der Waals surface area contributed by atoms with Gasteiger partial charge in [-0.3, -0.25) is 4.90 Å². The van der Waals surface area contributed by atoms with Crippen molar-refractivity contribution in [1.29, 1.82) is 0 Å². The summed E-state index contributed by atoms with van der Waals surface area (Å²) in [5.41, 5.74) is 1.12. The van der Waals surface area contributed by atoms with Gasteiger partial charge in [-0.25, -0.2) is 4.98 Å². The van der Waals surface area contributed by atoms with Crippen LogP contribution in [-0.2, 0) is 6.54 Å². The molecule has 1 heterocycles. The molecule has 0 aromatic carbocycles. The molecule has 1 rings (SSSR count). The second-order valence-corrected chi connectivity index (χ2v) is 3.92. The number of hydrogen-bond acceptors (Lipinski definition) is 3. The molecule has 0 atom stereocenters. The minimum absolute atomic E-state index is 0.565. The van der Waals surface area contributed by atoms with Crippen molar-refractivity contribution in [3.05, 3.63) is 23.9 Å². The Kier molecular flexibility index (Phi) is 4.56. The largest absolute Gasteiger partial charge is 0.373 e. The molecule has 0 fully saturated rings. The minimum atomic E-state index is 0.565. The van der Waals surface area contributed by atoms with Crippen LogP contribution in [0.25, 0.3) is 0 Å². The highest BCUT2D eigenvalue weighted by molar-refractivity contribution is 5.34. The summed E-state index contributed by atoms with van der Waals surface area (Å²) < 4.78 is 0. The molecule has 1 aromatic rings. The lowest BCUT2D eigenvalue weighted by Crippen LogP contribution is -2.30. The molecule has 0 saturated carbocycles. The van der Waals surface area contributed by atoms with Crippen molar-refractivity contribution in [3.8, 4) is 0 Å². The van der Waals surface area contributed by atoms with E-state index in [0.29, 0.717) is 6.04 Å². The number of nitrogens with one attached hydrogen (secondary N) is 1. The van der Waals surface area contributed by atoms with Gasteiger partial charge in [-0.05, 0) is 32.5 Å². The maximum absolute atomic E-state index is 4.51. The Balaban J connectivity index is 2.70. The fourth-order valence-electron chi connectivity index (χ4n) is 1.57. The zero-order chi connectivity index (χ0) is 11.3. The van der Waals surface area contributed by atoms with Gasteiger partial charge >= 0.3 is 0 Å². The van der Waals surface area contributed by atoms with Gasteiger partial charge in [0.2, 0.25) is 0 Å². The normalized spacial score (nSPS) is 11.1. The molecule has 1 N–H and O–H groups in total. The van der Waals surface area contributed by atoms with Gasteiger partial charge in [0.15, 0.2) is 0 Å². The summed E-state index contributed by atoms with van der Waals surface area (Å²) in [7, 11) is 1.89. The molecule has 3 heteroatoms. The van der Waals surface area contributed by atoms with Crippen LogP contribution in [-0.4, -0.2) is 29.5 Å². The number of aromatic nitrogens is 1. The molecular formula is C12H21N3. The molecule has 1 aromatic heterocycles. The summed E-state index contributed by atoms with van der Waals surface area (Å²) in [6.07, 6.45) is 0. The smallest absolute Gasteiger partial charge is 0.126 e. The standard InChI is InChI=1S/C12H21N3/c1-5-15(10(2)3)9-11-7-6-8-12(13-4)14-11/h6-8,10H,5,9H2,1-4H3,(H,13,14). The van der Waals surface area contributed by atoms with Crippen molar-refractivity contribution in [2.24, 2.45) is 0 Å². The fourth-order valence-corrected chi connectivity index (χ4v) is 1.57. The minimum Gasteiger partial charge on any atom is -0.373 e. The molecule has 0 bridgehead atoms. The summed E-state index contributed by atoms with van der Waals surface area (Å²) in [6.45, 7) is 8.59. The first-order chi connectivity index (χ1) is 7.17. The number of rotatable bonds is 5. The Morgan fingerprint density at radius 1 is 1.40 bits per heavy atom. The van der Waals surface area contributed by atoms with Gasteiger partial charge in [-0.15, -0.1) is 0 Å². The van der Waals surface area contributed by atoms with E-state index in [0.717, 1.165) is 24.6 Å². The van der Waals surface area contributed by atoms with Gasteiger partial charge in [-0.1, -0.05) is 13.0 Å². The predicted octanol–water partition coefficient (Wildman–Crippen LogP) is 2.35. The van der Waals surface area contributed by atoms with E-state index in [1.54, 1.807) is 0 Å². The topological polar surface area (TPSA) is 28.2 Å². The highest BCUT2D eigenvalue weighted by Crippen LogP contribution is 2.08. The third-order valence-electron chi connectivity index (χ3n) is 2.56. The molecule has 0 aliphatic carbocycles. The van der Waals surface area contributed by atoms with Crippen LogP contribution in [0.2, 0.25) is 0 Å². The molecule has 0 saturated heterocycles. The van der Waals surface area contributed by atoms with Crippen molar-refractivity contribution in [3.63, 3.8) is 0 Å². The summed E-state index contributed by atoms with van der Waals surface area (Å²) in [4.78, 5) is 6.90. The highest BCUT2D eigenvalue weighted by atomic mass is 15.1. The van der Waals surface area contributed by atoms with E-state index in [-0.39, 0.29) is 0 Å². The van der Waals surface area contributed by atoms with Crippen molar-refractivity contribution in [2.45, 2.75) is 33.4 Å². The van der Waals surface area contributed by atoms with Gasteiger partial charge in [0.1, 0.15) is 5.82 Å². The van der Waals surface area contributed by atoms with E-state index < -0.39 is 0 Å². The van der Waals surface area contributed by atoms with E-state index in [1.165, 1.54) is 0 Å². The molecule has 0 amide bonds. The number of nitrogens with zero attached hydrogens (tertiary/aromatic N) is 2. The lowest BCUT2D eigenvalue weighted by molar-refractivity contribution is 0.222. The van der Waals surface area contributed by atoms with Gasteiger partial charge < -0.3 is 5.32 Å². The summed E-state index contributed by atoms with van der Waals surface area (Å²) in [5.74, 6) is 0.937. The third kappa shape index (κ3) is 3.51. The second-order valence-electron chi connectivity index (χ2n) is 3.92. The molecule has 84 valence electrons. The summed E-state index contributed by atoms with van der Waals surface area (Å²) in [5, 5.41) is 3.06. The Bertz CT molecular complexity index is 297. The Morgan fingerprint density at radius 3 is 2.67 bits per heavy atom. The maximum atomic E-state index is 4.51. The van der Waals surface area contributed by atoms with E-state index >= 15 is 0 Å². The molecule has 0 radical (unpaired) electrons. The zero-order valence-electron chi connectivity index (χ0n) is 10.1. The maximum Gasteiger partial charge on any atom is 0.126 e. The van der Waals surface area contributed by atoms with Crippen molar-refractivity contribution in [2.75, 3.05) is 18.9 Å². The Labute approximate surface area is 92.5 Å². The van der Waals surface area contributed by atoms with Crippen LogP contribution in [0.3, 0.4) is 0 Å². The van der Waals surface area contributed by atoms with E-state index in [1.807, 2.05) is 19.2 Å². The lowest BCUT2D eigenvalue weighted by Gasteiger charge is -2.24. The van der Waals surface area contributed by atoms with Gasteiger partial charge in [0, 0.05) is 19.6 Å². The van der Waals surface area contributed by atoms with Crippen LogP contribution < -0.4 is 5.32 Å². The summed E-state index contributed by atoms with van der Waals surface area (Å²) >= 11 is 0. The first-order valence-electron chi connectivity index (χ1n) is 5.55. The van der Waals surface area contributed by atoms with Gasteiger partial charge in [0.25, 0.3) is 0 Å². The average Bonchev–Trinajstić information content (AvgIpc) is 2.25. The zero-order valence-corrected chi connectivity index (χ0v) is 10.1. The molecule has 15 heavy (non-hydrogen) atoms. The Hall–Kier alpha value is -1.09. The van der Waals surface area contributed by atoms with Gasteiger partial charge in [0.05, 0.1) is 5.69 Å². The number of pyridine rings is 1. The van der Waals surface area contributed by atoms with Crippen molar-refractivity contribution in [1.82, 2.24) is 9.88 Å². The molecular weight excluding hydrogens is 186 g/mol. The SMILES string of the molecule is CCN(Cc1cccc(NC)n1)C(C)C. The van der Waals surface area contributed by atoms with Crippen LogP contribution in [0.4, 0.5) is 5.82 Å². The van der Waals surface area contributed by atoms with Crippen LogP contribution in [0.5, 0.6) is 0 Å². The monoisotopic (exact) mass is 207 g/mol. The predicted molar refractivity (Wildman–Crippen MR) is 65.0 cm³/mol. The highest BCUT2D eigenvalue weighted by Gasteiger charge is 2.08. The van der Waals surface area contributed by atoms with E-state index in [9.17, 15) is 0 Å². The van der Waals surface area contributed by atoms with Crippen molar-refractivity contribution < 1.29 is 0 Å². The van der Waals surface area contributed by atoms with Crippen LogP contribution in [0.15, 0.2) is 18.2 Å². The van der Waals surface area contributed by atoms with Crippen LogP contribution in [0.1, 0.15) is 26.5 Å². The molecule has 3 nitrogen and oxygen atoms in total. The van der Waals surface area contributed by atoms with Gasteiger partial charge in [-0.2, -0.15) is 0 Å². The molecule has 0 spiro atoms. The average molecular weight is 207 g/mol. The number of hydrogen-bond donors (Lipinski definition) is 1. The van der Waals surface area contributed by atoms with Crippen LogP contribution in [0, 0.1) is 0 Å². The first kappa shape index (κ1) is 12.0. The first-order valence-corrected chi connectivity index (χ1v) is 5.55. The summed E-state index contributed by atoms with van der Waals surface area (Å²) in [6, 6.07) is 6.67. The fraction of sp³-hybridized carbons (Fsp3) is 0.583. The quantitative estimate of drug-likeness (QED) is 0.803. The second kappa shape index (κ2) is 5.71. The van der Waals surface area contributed by atoms with Crippen LogP contribution >= 0.6 is 0 Å². The molecule has 0 unspecified atom stereocenters. The molecule has 0 aliphatic heterocycles. The third-order valence-corrected chi connectivity index (χ3v) is 2.56. The van der Waals surface area contributed by atoms with Crippen molar-refractivity contribution >= 4 is 5.82 Å².